The van der Waals surface area contributed by atoms with Crippen LogP contribution in [0.4, 0.5) is 24.9 Å². The summed E-state index contributed by atoms with van der Waals surface area (Å²) in [5.74, 6) is -0.122. The van der Waals surface area contributed by atoms with Gasteiger partial charge in [0.2, 0.25) is 5.95 Å². The molecule has 1 aliphatic rings. The van der Waals surface area contributed by atoms with Crippen molar-refractivity contribution in [3.63, 3.8) is 0 Å². The minimum absolute atomic E-state index is 0.0259. The first-order valence-corrected chi connectivity index (χ1v) is 11.5. The number of aromatic nitrogens is 6. The lowest BCUT2D eigenvalue weighted by molar-refractivity contribution is -0.177. The number of alkyl halides is 3. The molecule has 0 unspecified atom stereocenters. The average Bonchev–Trinajstić information content (AvgIpc) is 3.55. The Morgan fingerprint density at radius 2 is 2.00 bits per heavy atom. The van der Waals surface area contributed by atoms with Crippen LogP contribution in [0.1, 0.15) is 12.0 Å². The highest BCUT2D eigenvalue weighted by Gasteiger charge is 2.59. The highest BCUT2D eigenvalue weighted by atomic mass is 32.1. The number of likely N-dealkylation sites (N-methyl/N-ethyl adjacent to an activating group) is 1. The van der Waals surface area contributed by atoms with E-state index in [2.05, 4.69) is 30.4 Å². The Bertz CT molecular complexity index is 1440. The molecule has 2 atom stereocenters. The molecular formula is C22H19F3N8O2S. The Balaban J connectivity index is 1.41. The molecule has 1 saturated heterocycles. The predicted molar refractivity (Wildman–Crippen MR) is 124 cm³/mol. The number of halogens is 3. The molecule has 0 aromatic carbocycles. The van der Waals surface area contributed by atoms with E-state index in [4.69, 9.17) is 0 Å². The standard InChI is InChI=1S/C22H19F3N8O2S/c1-32-6-4-17(31-32)30-20-27-5-3-14(29-20)18-28-15(11-36-18)12-7-13(10-26-9-12)21(35)8-16(22(23,24)25)33(2)19(21)34/h3-7,9-11,16,35H,8H2,1-2H3,(H,27,29,30,31)/t16-,21+/m0/s1. The van der Waals surface area contributed by atoms with Gasteiger partial charge in [-0.3, -0.25) is 14.5 Å². The van der Waals surface area contributed by atoms with Gasteiger partial charge in [0.1, 0.15) is 16.7 Å². The number of hydrogen-bond acceptors (Lipinski definition) is 9. The van der Waals surface area contributed by atoms with Gasteiger partial charge in [0.05, 0.1) is 5.69 Å². The quantitative estimate of drug-likeness (QED) is 0.415. The van der Waals surface area contributed by atoms with Crippen molar-refractivity contribution in [3.8, 4) is 22.0 Å². The fourth-order valence-electron chi connectivity index (χ4n) is 3.98. The summed E-state index contributed by atoms with van der Waals surface area (Å²) < 4.78 is 41.7. The summed E-state index contributed by atoms with van der Waals surface area (Å²) in [6.07, 6.45) is 0.535. The number of thiazole rings is 1. The van der Waals surface area contributed by atoms with Crippen LogP contribution in [0.2, 0.25) is 0 Å². The summed E-state index contributed by atoms with van der Waals surface area (Å²) in [6.45, 7) is 0. The number of pyridine rings is 1. The third kappa shape index (κ3) is 4.28. The molecule has 5 heterocycles. The molecule has 0 radical (unpaired) electrons. The molecule has 186 valence electrons. The third-order valence-corrected chi connectivity index (χ3v) is 6.72. The second-order valence-electron chi connectivity index (χ2n) is 8.30. The molecule has 0 spiro atoms. The molecule has 36 heavy (non-hydrogen) atoms. The molecule has 10 nitrogen and oxygen atoms in total. The van der Waals surface area contributed by atoms with Crippen LogP contribution in [0, 0.1) is 0 Å². The van der Waals surface area contributed by atoms with Crippen LogP contribution in [-0.4, -0.2) is 64.9 Å². The summed E-state index contributed by atoms with van der Waals surface area (Å²) in [6, 6.07) is 2.81. The van der Waals surface area contributed by atoms with E-state index in [1.54, 1.807) is 41.6 Å². The highest BCUT2D eigenvalue weighted by Crippen LogP contribution is 2.43. The zero-order chi connectivity index (χ0) is 25.7. The summed E-state index contributed by atoms with van der Waals surface area (Å²) >= 11 is 1.30. The van der Waals surface area contributed by atoms with Gasteiger partial charge in [-0.05, 0) is 12.1 Å². The first-order valence-electron chi connectivity index (χ1n) is 10.6. The molecule has 1 amide bonds. The van der Waals surface area contributed by atoms with E-state index in [1.807, 2.05) is 0 Å². The molecule has 0 bridgehead atoms. The van der Waals surface area contributed by atoms with Gasteiger partial charge >= 0.3 is 6.18 Å². The third-order valence-electron chi connectivity index (χ3n) is 5.85. The molecule has 0 aliphatic carbocycles. The first kappa shape index (κ1) is 23.8. The number of amides is 1. The first-order chi connectivity index (χ1) is 17.0. The number of nitrogens with zero attached hydrogens (tertiary/aromatic N) is 7. The molecule has 0 saturated carbocycles. The van der Waals surface area contributed by atoms with E-state index in [1.165, 1.54) is 29.8 Å². The zero-order valence-electron chi connectivity index (χ0n) is 18.9. The van der Waals surface area contributed by atoms with Gasteiger partial charge in [-0.1, -0.05) is 0 Å². The number of nitrogens with one attached hydrogen (secondary N) is 1. The number of aryl methyl sites for hydroxylation is 1. The Labute approximate surface area is 206 Å². The maximum absolute atomic E-state index is 13.4. The maximum Gasteiger partial charge on any atom is 0.408 e. The molecule has 4 aromatic heterocycles. The molecule has 4 aromatic rings. The van der Waals surface area contributed by atoms with Crippen molar-refractivity contribution < 1.29 is 23.1 Å². The lowest BCUT2D eigenvalue weighted by atomic mass is 9.90. The van der Waals surface area contributed by atoms with Crippen molar-refractivity contribution in [1.29, 1.82) is 0 Å². The van der Waals surface area contributed by atoms with Crippen molar-refractivity contribution in [3.05, 3.63) is 53.9 Å². The molecule has 5 rings (SSSR count). The van der Waals surface area contributed by atoms with Gasteiger partial charge in [0.15, 0.2) is 11.4 Å². The van der Waals surface area contributed by atoms with E-state index in [0.717, 1.165) is 7.05 Å². The maximum atomic E-state index is 13.4. The predicted octanol–water partition coefficient (Wildman–Crippen LogP) is 3.12. The summed E-state index contributed by atoms with van der Waals surface area (Å²) in [4.78, 5) is 30.4. The Hall–Kier alpha value is -3.91. The Morgan fingerprint density at radius 1 is 1.19 bits per heavy atom. The number of aliphatic hydroxyl groups is 1. The minimum Gasteiger partial charge on any atom is -0.375 e. The van der Waals surface area contributed by atoms with Crippen LogP contribution in [-0.2, 0) is 17.4 Å². The molecule has 14 heteroatoms. The summed E-state index contributed by atoms with van der Waals surface area (Å²) in [7, 11) is 2.82. The number of hydrogen-bond donors (Lipinski definition) is 2. The van der Waals surface area contributed by atoms with Crippen molar-refractivity contribution in [1.82, 2.24) is 34.6 Å². The molecular weight excluding hydrogens is 497 g/mol. The fraction of sp³-hybridized carbons (Fsp3) is 0.273. The largest absolute Gasteiger partial charge is 0.408 e. The van der Waals surface area contributed by atoms with Gasteiger partial charge in [-0.15, -0.1) is 11.3 Å². The number of carbonyl (C=O) groups is 1. The second kappa shape index (κ2) is 8.64. The van der Waals surface area contributed by atoms with Gasteiger partial charge in [0.25, 0.3) is 5.91 Å². The number of carbonyl (C=O) groups excluding carboxylic acids is 1. The van der Waals surface area contributed by atoms with Gasteiger partial charge in [0, 0.05) is 67.9 Å². The number of likely N-dealkylation sites (tertiary alicyclic amines) is 1. The van der Waals surface area contributed by atoms with Crippen LogP contribution in [0.3, 0.4) is 0 Å². The van der Waals surface area contributed by atoms with E-state index >= 15 is 0 Å². The number of rotatable bonds is 5. The minimum atomic E-state index is -4.66. The SMILES string of the molecule is CN1C(=O)[C@](O)(c2cncc(-c3csc(-c4ccnc(Nc5ccn(C)n5)n4)n3)c2)C[C@H]1C(F)(F)F. The molecule has 2 N–H and O–H groups in total. The Kier molecular flexibility index (Phi) is 5.71. The monoisotopic (exact) mass is 516 g/mol. The summed E-state index contributed by atoms with van der Waals surface area (Å²) in [5, 5.41) is 20.5. The van der Waals surface area contributed by atoms with Gasteiger partial charge in [-0.25, -0.2) is 15.0 Å². The van der Waals surface area contributed by atoms with E-state index in [-0.39, 0.29) is 5.56 Å². The summed E-state index contributed by atoms with van der Waals surface area (Å²) in [5.41, 5.74) is -0.910. The van der Waals surface area contributed by atoms with Crippen molar-refractivity contribution in [2.24, 2.45) is 7.05 Å². The smallest absolute Gasteiger partial charge is 0.375 e. The van der Waals surface area contributed by atoms with Crippen LogP contribution in [0.25, 0.3) is 22.0 Å². The van der Waals surface area contributed by atoms with E-state index in [9.17, 15) is 23.1 Å². The van der Waals surface area contributed by atoms with Crippen LogP contribution < -0.4 is 5.32 Å². The average molecular weight is 517 g/mol. The molecule has 1 aliphatic heterocycles. The Morgan fingerprint density at radius 3 is 2.69 bits per heavy atom. The lowest BCUT2D eigenvalue weighted by Crippen LogP contribution is -2.41. The van der Waals surface area contributed by atoms with Crippen LogP contribution >= 0.6 is 11.3 Å². The van der Waals surface area contributed by atoms with E-state index in [0.29, 0.717) is 38.6 Å². The lowest BCUT2D eigenvalue weighted by Gasteiger charge is -2.21. The fourth-order valence-corrected chi connectivity index (χ4v) is 4.78. The van der Waals surface area contributed by atoms with Crippen molar-refractivity contribution in [2.75, 3.05) is 12.4 Å². The van der Waals surface area contributed by atoms with E-state index < -0.39 is 30.1 Å². The number of anilines is 2. The normalized spacial score (nSPS) is 20.2. The van der Waals surface area contributed by atoms with Crippen LogP contribution in [0.15, 0.2) is 48.4 Å². The zero-order valence-corrected chi connectivity index (χ0v) is 19.7. The molecule has 1 fully saturated rings. The second-order valence-corrected chi connectivity index (χ2v) is 9.16. The van der Waals surface area contributed by atoms with Crippen molar-refractivity contribution >= 4 is 29.0 Å². The topological polar surface area (TPSA) is 122 Å². The highest BCUT2D eigenvalue weighted by molar-refractivity contribution is 7.13. The van der Waals surface area contributed by atoms with Crippen LogP contribution in [0.5, 0.6) is 0 Å². The van der Waals surface area contributed by atoms with Gasteiger partial charge < -0.3 is 15.3 Å². The van der Waals surface area contributed by atoms with Crippen molar-refractivity contribution in [2.45, 2.75) is 24.2 Å². The van der Waals surface area contributed by atoms with Gasteiger partial charge in [-0.2, -0.15) is 18.3 Å².